The van der Waals surface area contributed by atoms with Gasteiger partial charge in [0, 0.05) is 159 Å². The SMILES string of the molecule is O.O.O=C1C(c2c(-c3ccccc3)ccc3ccccc23)=c2ccccc2=C/C1=C/N[C@@H]1CCCC[C@H]1N/C=C1/C=c2ccccc2=C(c2c(-c3ccccc3)ccc3ccccc23)C1=O.O=C1C(c2c(-c3ccccc3)ccc3ccccc23)=c2ccccc2=C/C1=C/N[C@@H]1CCCC[C@H]1N/C=C1/C=c2ccccc2=C(c2c(-c3ccccc3)ccc3ccccc23)C1=O.[Ti].[Ti]. The largest absolute Gasteiger partial charge is 0.412 e. The maximum Gasteiger partial charge on any atom is 0.195 e. The van der Waals surface area contributed by atoms with E-state index in [9.17, 15) is 0 Å². The zero-order chi connectivity index (χ0) is 86.0. The molecule has 0 heterocycles. The van der Waals surface area contributed by atoms with Crippen LogP contribution < -0.4 is 63.0 Å². The number of carbonyl (C=O) groups is 4. The van der Waals surface area contributed by atoms with Crippen LogP contribution in [0.3, 0.4) is 0 Å². The number of hydrogen-bond donors (Lipinski definition) is 4. The molecule has 0 amide bonds. The molecule has 132 heavy (non-hydrogen) atoms. The summed E-state index contributed by atoms with van der Waals surface area (Å²) < 4.78 is 0. The van der Waals surface area contributed by atoms with Crippen LogP contribution in [0.4, 0.5) is 0 Å². The number of ketones is 4. The number of nitrogens with one attached hydrogen (secondary N) is 4. The number of Topliss-reactive ketones (excluding diaryl/α,β-unsaturated/α-hetero) is 4. The van der Waals surface area contributed by atoms with E-state index >= 15 is 19.2 Å². The average Bonchev–Trinajstić information content (AvgIpc) is 0.754. The summed E-state index contributed by atoms with van der Waals surface area (Å²) in [6.45, 7) is 0. The second kappa shape index (κ2) is 40.0. The first kappa shape index (κ1) is 89.7. The van der Waals surface area contributed by atoms with Crippen LogP contribution in [0, 0.1) is 0 Å². The molecule has 0 aromatic heterocycles. The summed E-state index contributed by atoms with van der Waals surface area (Å²) in [4.78, 5) is 60.2. The quantitative estimate of drug-likeness (QED) is 0.0545. The molecule has 6 aliphatic rings. The molecule has 8 N–H and O–H groups in total. The van der Waals surface area contributed by atoms with Crippen molar-refractivity contribution in [1.29, 1.82) is 0 Å². The number of carbonyl (C=O) groups excluding carboxylic acids is 4. The van der Waals surface area contributed by atoms with Crippen molar-refractivity contribution in [3.63, 3.8) is 0 Å². The molecule has 0 radical (unpaired) electrons. The van der Waals surface area contributed by atoms with Gasteiger partial charge < -0.3 is 32.2 Å². The van der Waals surface area contributed by atoms with Crippen molar-refractivity contribution in [2.45, 2.75) is 75.5 Å². The molecule has 0 aliphatic heterocycles. The standard InChI is InChI=1S/2C60H46N2O2.2H2O.2Ti/c2*63-59-45(35-43-23-9-13-27-49(43)57(59)55-47-25-11-7-21-41(47)31-33-51(55)39-17-3-1-4-18-39)37-61-53-29-15-16-30-54(53)62-38-46-36-44-24-10-14-28-50(44)58(60(46)64)56-48-26-12-8-22-42(48)32-34-52(56)40-19-5-2-6-20-40;;;;/h2*1-14,17-28,31-38,53-54,61-62H,15-16,29-30H2;2*1H2;;/b2*45-37-,46-38-;;;;/t2*53-,54-;;;;/m11..../s1. The van der Waals surface area contributed by atoms with Crippen LogP contribution in [-0.2, 0) is 62.6 Å². The van der Waals surface area contributed by atoms with Gasteiger partial charge in [-0.2, -0.15) is 0 Å². The first-order valence-electron chi connectivity index (χ1n) is 44.8. The fourth-order valence-electron chi connectivity index (χ4n) is 20.3. The van der Waals surface area contributed by atoms with Crippen molar-refractivity contribution < 1.29 is 73.6 Å². The molecule has 0 bridgehead atoms. The molecule has 12 heteroatoms. The normalized spacial score (nSPS) is 17.8. The maximum atomic E-state index is 15.0. The minimum absolute atomic E-state index is 0. The number of benzene rings is 16. The molecule has 22 rings (SSSR count). The predicted octanol–water partition coefficient (Wildman–Crippen LogP) is 17.2. The summed E-state index contributed by atoms with van der Waals surface area (Å²) >= 11 is 0. The van der Waals surface area contributed by atoms with Gasteiger partial charge >= 0.3 is 0 Å². The van der Waals surface area contributed by atoms with Crippen molar-refractivity contribution in [1.82, 2.24) is 21.3 Å². The van der Waals surface area contributed by atoms with Gasteiger partial charge in [0.1, 0.15) is 0 Å². The fourth-order valence-corrected chi connectivity index (χ4v) is 20.3. The van der Waals surface area contributed by atoms with E-state index in [-0.39, 0.29) is 102 Å². The first-order valence-corrected chi connectivity index (χ1v) is 44.8. The number of rotatable bonds is 16. The second-order valence-corrected chi connectivity index (χ2v) is 34.1. The Balaban J connectivity index is 0.000000179. The molecule has 0 saturated heterocycles. The van der Waals surface area contributed by atoms with E-state index in [1.165, 1.54) is 0 Å². The third-order valence-corrected chi connectivity index (χ3v) is 26.5. The summed E-state index contributed by atoms with van der Waals surface area (Å²) in [5.41, 5.74) is 17.6. The molecule has 2 fully saturated rings. The number of allylic oxidation sites excluding steroid dienone is 4. The van der Waals surface area contributed by atoms with Gasteiger partial charge in [0.2, 0.25) is 0 Å². The molecule has 0 spiro atoms. The van der Waals surface area contributed by atoms with Gasteiger partial charge in [-0.25, -0.2) is 0 Å². The minimum Gasteiger partial charge on any atom is -0.412 e. The first-order chi connectivity index (χ1) is 63.2. The minimum atomic E-state index is -0.00499. The Kier molecular flexibility index (Phi) is 27.2. The van der Waals surface area contributed by atoms with E-state index < -0.39 is 0 Å². The Labute approximate surface area is 796 Å². The molecular weight excluding hydrogens is 1690 g/mol. The molecule has 10 nitrogen and oxygen atoms in total. The van der Waals surface area contributed by atoms with Crippen LogP contribution in [-0.4, -0.2) is 58.3 Å². The predicted molar refractivity (Wildman–Crippen MR) is 532 cm³/mol. The Hall–Kier alpha value is -14.3. The van der Waals surface area contributed by atoms with Gasteiger partial charge in [-0.3, -0.25) is 19.2 Å². The molecule has 16 aromatic carbocycles. The number of fused-ring (bicyclic) bond motifs is 8. The maximum absolute atomic E-state index is 15.0. The van der Waals surface area contributed by atoms with E-state index in [2.05, 4.69) is 240 Å². The molecular formula is C120H96N4O6Ti2. The molecule has 640 valence electrons. The van der Waals surface area contributed by atoms with Gasteiger partial charge in [-0.05, 0) is 179 Å². The Morgan fingerprint density at radius 2 is 0.402 bits per heavy atom. The van der Waals surface area contributed by atoms with Crippen LogP contribution in [0.25, 0.3) is 134 Å². The van der Waals surface area contributed by atoms with E-state index in [1.54, 1.807) is 0 Å². The summed E-state index contributed by atoms with van der Waals surface area (Å²) in [6, 6.07) is 125. The van der Waals surface area contributed by atoms with Crippen LogP contribution >= 0.6 is 0 Å². The summed E-state index contributed by atoms with van der Waals surface area (Å²) in [6.07, 6.45) is 23.9. The van der Waals surface area contributed by atoms with Crippen molar-refractivity contribution in [3.8, 4) is 44.5 Å². The second-order valence-electron chi connectivity index (χ2n) is 34.1. The van der Waals surface area contributed by atoms with Gasteiger partial charge in [0.05, 0.1) is 0 Å². The van der Waals surface area contributed by atoms with Crippen LogP contribution in [0.15, 0.2) is 411 Å². The summed E-state index contributed by atoms with van der Waals surface area (Å²) in [7, 11) is 0. The van der Waals surface area contributed by atoms with Crippen molar-refractivity contribution in [3.05, 3.63) is 475 Å². The topological polar surface area (TPSA) is 179 Å². The molecule has 16 aromatic rings. The van der Waals surface area contributed by atoms with E-state index in [0.29, 0.717) is 44.6 Å². The van der Waals surface area contributed by atoms with Gasteiger partial charge in [0.15, 0.2) is 23.1 Å². The van der Waals surface area contributed by atoms with Crippen molar-refractivity contribution in [2.75, 3.05) is 0 Å². The summed E-state index contributed by atoms with van der Waals surface area (Å²) in [5, 5.41) is 31.3. The Morgan fingerprint density at radius 3 is 0.621 bits per heavy atom. The Bertz CT molecular complexity index is 7010. The molecule has 2 saturated carbocycles. The van der Waals surface area contributed by atoms with Crippen molar-refractivity contribution >= 4 is 113 Å². The van der Waals surface area contributed by atoms with Crippen LogP contribution in [0.1, 0.15) is 73.6 Å². The molecule has 0 unspecified atom stereocenters. The third-order valence-electron chi connectivity index (χ3n) is 26.5. The van der Waals surface area contributed by atoms with E-state index in [0.717, 1.165) is 203 Å². The van der Waals surface area contributed by atoms with Crippen LogP contribution in [0.2, 0.25) is 0 Å². The molecule has 6 aliphatic carbocycles. The monoisotopic (exact) mass is 1780 g/mol. The van der Waals surface area contributed by atoms with Gasteiger partial charge in [-0.15, -0.1) is 0 Å². The van der Waals surface area contributed by atoms with Crippen LogP contribution in [0.5, 0.6) is 0 Å². The number of hydrogen-bond acceptors (Lipinski definition) is 8. The molecule has 4 atom stereocenters. The van der Waals surface area contributed by atoms with Gasteiger partial charge in [0.25, 0.3) is 0 Å². The van der Waals surface area contributed by atoms with E-state index in [4.69, 9.17) is 0 Å². The smallest absolute Gasteiger partial charge is 0.195 e. The fraction of sp³-hybridized carbons (Fsp3) is 0.100. The van der Waals surface area contributed by atoms with E-state index in [1.807, 2.05) is 195 Å². The zero-order valence-corrected chi connectivity index (χ0v) is 76.0. The van der Waals surface area contributed by atoms with Gasteiger partial charge in [-0.1, -0.05) is 390 Å². The third kappa shape index (κ3) is 17.4. The Morgan fingerprint density at radius 1 is 0.212 bits per heavy atom. The zero-order valence-electron chi connectivity index (χ0n) is 72.9. The van der Waals surface area contributed by atoms with Crippen molar-refractivity contribution in [2.24, 2.45) is 0 Å². The average molecular weight is 1790 g/mol. The summed E-state index contributed by atoms with van der Waals surface area (Å²) in [5.74, 6) is -0.0200.